The van der Waals surface area contributed by atoms with Gasteiger partial charge < -0.3 is 4.98 Å². The molecule has 0 aliphatic rings. The summed E-state index contributed by atoms with van der Waals surface area (Å²) in [6.07, 6.45) is 0. The lowest BCUT2D eigenvalue weighted by Crippen LogP contribution is -2.11. The van der Waals surface area contributed by atoms with Crippen molar-refractivity contribution in [2.24, 2.45) is 0 Å². The molecule has 0 unspecified atom stereocenters. The van der Waals surface area contributed by atoms with Gasteiger partial charge in [0.15, 0.2) is 0 Å². The van der Waals surface area contributed by atoms with Crippen LogP contribution in [0.2, 0.25) is 0 Å². The van der Waals surface area contributed by atoms with Crippen LogP contribution >= 0.6 is 11.3 Å². The number of carbonyl (C=O) groups excluding carboxylic acids is 1. The van der Waals surface area contributed by atoms with Gasteiger partial charge in [-0.05, 0) is 29.7 Å². The Morgan fingerprint density at radius 2 is 1.90 bits per heavy atom. The van der Waals surface area contributed by atoms with Gasteiger partial charge in [-0.15, -0.1) is 11.3 Å². The summed E-state index contributed by atoms with van der Waals surface area (Å²) in [5.74, 6) is 0.328. The predicted molar refractivity (Wildman–Crippen MR) is 85.9 cm³/mol. The number of hydrogen-bond acceptors (Lipinski definition) is 3. The first kappa shape index (κ1) is 12.1. The number of para-hydroxylation sites is 2. The van der Waals surface area contributed by atoms with E-state index in [9.17, 15) is 4.79 Å². The molecule has 4 aromatic rings. The minimum atomic E-state index is -0.143. The number of nitrogens with one attached hydrogen (secondary N) is 2. The highest BCUT2D eigenvalue weighted by Crippen LogP contribution is 2.26. The standard InChI is InChI=1S/C16H11N3OS/c20-15(14-9-10-5-1-4-8-13(10)21-14)19-16-17-11-6-2-3-7-12(11)18-16/h1-9H,(H2,17,18,19,20). The second kappa shape index (κ2) is 4.71. The lowest BCUT2D eigenvalue weighted by Gasteiger charge is -1.97. The molecule has 0 bridgehead atoms. The van der Waals surface area contributed by atoms with E-state index in [4.69, 9.17) is 0 Å². The van der Waals surface area contributed by atoms with E-state index < -0.39 is 0 Å². The first-order valence-electron chi connectivity index (χ1n) is 6.54. The molecule has 0 fully saturated rings. The molecule has 0 saturated heterocycles. The SMILES string of the molecule is O=C(Nc1nc2ccccc2[nH]1)c1cc2ccccc2s1. The topological polar surface area (TPSA) is 57.8 Å². The number of H-pyrrole nitrogens is 1. The molecule has 102 valence electrons. The minimum absolute atomic E-state index is 0.143. The van der Waals surface area contributed by atoms with Crippen molar-refractivity contribution in [3.8, 4) is 0 Å². The molecule has 21 heavy (non-hydrogen) atoms. The number of hydrogen-bond donors (Lipinski definition) is 2. The third-order valence-corrected chi connectivity index (χ3v) is 4.39. The quantitative estimate of drug-likeness (QED) is 0.586. The van der Waals surface area contributed by atoms with Crippen molar-refractivity contribution < 1.29 is 4.79 Å². The van der Waals surface area contributed by atoms with Crippen LogP contribution in [0, 0.1) is 0 Å². The van der Waals surface area contributed by atoms with E-state index in [0.717, 1.165) is 21.1 Å². The number of aromatic amines is 1. The van der Waals surface area contributed by atoms with Crippen LogP contribution in [-0.2, 0) is 0 Å². The number of aromatic nitrogens is 2. The maximum Gasteiger partial charge on any atom is 0.268 e. The van der Waals surface area contributed by atoms with Crippen LogP contribution < -0.4 is 5.32 Å². The smallest absolute Gasteiger partial charge is 0.268 e. The fourth-order valence-corrected chi connectivity index (χ4v) is 3.23. The summed E-state index contributed by atoms with van der Waals surface area (Å²) in [7, 11) is 0. The number of carbonyl (C=O) groups is 1. The summed E-state index contributed by atoms with van der Waals surface area (Å²) in [4.78, 5) is 20.4. The summed E-state index contributed by atoms with van der Waals surface area (Å²) in [5.41, 5.74) is 1.74. The van der Waals surface area contributed by atoms with Gasteiger partial charge in [0.1, 0.15) is 0 Å². The molecule has 0 spiro atoms. The minimum Gasteiger partial charge on any atom is -0.324 e. The van der Waals surface area contributed by atoms with Crippen LogP contribution in [0.1, 0.15) is 9.67 Å². The Bertz CT molecular complexity index is 888. The van der Waals surface area contributed by atoms with Crippen LogP contribution in [0.25, 0.3) is 21.1 Å². The molecule has 0 aliphatic heterocycles. The maximum atomic E-state index is 12.3. The lowest BCUT2D eigenvalue weighted by molar-refractivity contribution is 0.103. The van der Waals surface area contributed by atoms with E-state index in [-0.39, 0.29) is 5.91 Å². The molecular weight excluding hydrogens is 282 g/mol. The number of benzene rings is 2. The predicted octanol–water partition coefficient (Wildman–Crippen LogP) is 4.03. The third-order valence-electron chi connectivity index (χ3n) is 3.27. The van der Waals surface area contributed by atoms with Crippen molar-refractivity contribution in [3.05, 3.63) is 59.5 Å². The number of anilines is 1. The van der Waals surface area contributed by atoms with Crippen molar-refractivity contribution in [3.63, 3.8) is 0 Å². The van der Waals surface area contributed by atoms with Crippen LogP contribution in [0.3, 0.4) is 0 Å². The van der Waals surface area contributed by atoms with E-state index in [1.807, 2.05) is 54.6 Å². The Morgan fingerprint density at radius 3 is 2.76 bits per heavy atom. The molecule has 5 heteroatoms. The first-order valence-corrected chi connectivity index (χ1v) is 7.36. The van der Waals surface area contributed by atoms with Gasteiger partial charge in [0.25, 0.3) is 5.91 Å². The number of rotatable bonds is 2. The molecule has 0 radical (unpaired) electrons. The fraction of sp³-hybridized carbons (Fsp3) is 0. The molecule has 1 amide bonds. The average molecular weight is 293 g/mol. The Kier molecular flexibility index (Phi) is 2.72. The van der Waals surface area contributed by atoms with Gasteiger partial charge in [0.2, 0.25) is 5.95 Å². The van der Waals surface area contributed by atoms with Crippen LogP contribution in [0.15, 0.2) is 54.6 Å². The third kappa shape index (κ3) is 2.17. The zero-order chi connectivity index (χ0) is 14.2. The monoisotopic (exact) mass is 293 g/mol. The second-order valence-electron chi connectivity index (χ2n) is 4.71. The van der Waals surface area contributed by atoms with Crippen molar-refractivity contribution >= 4 is 44.3 Å². The van der Waals surface area contributed by atoms with Gasteiger partial charge in [-0.3, -0.25) is 10.1 Å². The Labute approximate surface area is 124 Å². The molecule has 2 N–H and O–H groups in total. The van der Waals surface area contributed by atoms with Gasteiger partial charge in [-0.2, -0.15) is 0 Å². The zero-order valence-electron chi connectivity index (χ0n) is 11.0. The molecule has 2 aromatic heterocycles. The fourth-order valence-electron chi connectivity index (χ4n) is 2.27. The maximum absolute atomic E-state index is 12.3. The average Bonchev–Trinajstić information content (AvgIpc) is 3.10. The number of amides is 1. The summed E-state index contributed by atoms with van der Waals surface area (Å²) >= 11 is 1.48. The molecule has 4 nitrogen and oxygen atoms in total. The summed E-state index contributed by atoms with van der Waals surface area (Å²) < 4.78 is 1.10. The second-order valence-corrected chi connectivity index (χ2v) is 5.79. The van der Waals surface area contributed by atoms with Crippen molar-refractivity contribution in [1.82, 2.24) is 9.97 Å². The van der Waals surface area contributed by atoms with E-state index in [1.165, 1.54) is 11.3 Å². The molecular formula is C16H11N3OS. The number of imidazole rings is 1. The molecule has 2 aromatic carbocycles. The van der Waals surface area contributed by atoms with E-state index in [2.05, 4.69) is 15.3 Å². The van der Waals surface area contributed by atoms with Crippen LogP contribution in [0.5, 0.6) is 0 Å². The molecule has 0 saturated carbocycles. The number of thiophene rings is 1. The van der Waals surface area contributed by atoms with E-state index in [0.29, 0.717) is 10.8 Å². The Morgan fingerprint density at radius 1 is 1.10 bits per heavy atom. The molecule has 0 atom stereocenters. The van der Waals surface area contributed by atoms with Crippen LogP contribution in [0.4, 0.5) is 5.95 Å². The van der Waals surface area contributed by atoms with Crippen molar-refractivity contribution in [2.45, 2.75) is 0 Å². The number of fused-ring (bicyclic) bond motifs is 2. The lowest BCUT2D eigenvalue weighted by atomic mass is 10.2. The van der Waals surface area contributed by atoms with E-state index >= 15 is 0 Å². The van der Waals surface area contributed by atoms with Crippen LogP contribution in [-0.4, -0.2) is 15.9 Å². The van der Waals surface area contributed by atoms with Crippen molar-refractivity contribution in [2.75, 3.05) is 5.32 Å². The Balaban J connectivity index is 1.65. The van der Waals surface area contributed by atoms with Gasteiger partial charge in [-0.1, -0.05) is 30.3 Å². The summed E-state index contributed by atoms with van der Waals surface area (Å²) in [6.45, 7) is 0. The summed E-state index contributed by atoms with van der Waals surface area (Å²) in [5, 5.41) is 3.89. The van der Waals surface area contributed by atoms with Gasteiger partial charge >= 0.3 is 0 Å². The van der Waals surface area contributed by atoms with Gasteiger partial charge in [0.05, 0.1) is 15.9 Å². The van der Waals surface area contributed by atoms with Crippen molar-refractivity contribution in [1.29, 1.82) is 0 Å². The molecule has 4 rings (SSSR count). The highest BCUT2D eigenvalue weighted by Gasteiger charge is 2.12. The zero-order valence-corrected chi connectivity index (χ0v) is 11.8. The molecule has 2 heterocycles. The largest absolute Gasteiger partial charge is 0.324 e. The highest BCUT2D eigenvalue weighted by molar-refractivity contribution is 7.20. The van der Waals surface area contributed by atoms with E-state index in [1.54, 1.807) is 0 Å². The normalized spacial score (nSPS) is 11.0. The summed E-state index contributed by atoms with van der Waals surface area (Å²) in [6, 6.07) is 17.5. The molecule has 0 aliphatic carbocycles. The van der Waals surface area contributed by atoms with Gasteiger partial charge in [-0.25, -0.2) is 4.98 Å². The Hall–Kier alpha value is -2.66. The van der Waals surface area contributed by atoms with Gasteiger partial charge in [0, 0.05) is 4.70 Å². The first-order chi connectivity index (χ1) is 10.3. The number of nitrogens with zero attached hydrogens (tertiary/aromatic N) is 1. The highest BCUT2D eigenvalue weighted by atomic mass is 32.1.